The predicted octanol–water partition coefficient (Wildman–Crippen LogP) is 6.44. The molecular weight excluding hydrogens is 388 g/mol. The maximum absolute atomic E-state index is 6.17. The van der Waals surface area contributed by atoms with Gasteiger partial charge in [0.05, 0.1) is 5.69 Å². The van der Waals surface area contributed by atoms with Gasteiger partial charge in [-0.3, -0.25) is 0 Å². The number of rotatable bonds is 7. The maximum atomic E-state index is 6.17. The summed E-state index contributed by atoms with van der Waals surface area (Å²) in [4.78, 5) is 8.24. The fourth-order valence-electron chi connectivity index (χ4n) is 3.07. The molecule has 0 unspecified atom stereocenters. The lowest BCUT2D eigenvalue weighted by molar-refractivity contribution is 0.357. The fraction of sp³-hybridized carbons (Fsp3) is 0.348. The third-order valence-electron chi connectivity index (χ3n) is 4.96. The second-order valence-electron chi connectivity index (χ2n) is 7.04. The molecule has 0 saturated carbocycles. The molecule has 1 aromatic heterocycles. The molecule has 0 aliphatic carbocycles. The van der Waals surface area contributed by atoms with Crippen molar-refractivity contribution in [2.45, 2.75) is 34.1 Å². The minimum absolute atomic E-state index is 0. The molecule has 28 heavy (non-hydrogen) atoms. The Morgan fingerprint density at radius 2 is 1.75 bits per heavy atom. The minimum Gasteiger partial charge on any atom is -0.431 e. The summed E-state index contributed by atoms with van der Waals surface area (Å²) in [5.41, 5.74) is 5.95. The van der Waals surface area contributed by atoms with Crippen LogP contribution >= 0.6 is 23.7 Å². The van der Waals surface area contributed by atoms with Crippen LogP contribution in [0.4, 0.5) is 0 Å². The minimum atomic E-state index is 0. The number of hydrogen-bond donors (Lipinski definition) is 0. The molecular formula is C23H29ClN2OS. The molecule has 3 aromatic rings. The Morgan fingerprint density at radius 3 is 2.43 bits per heavy atom. The van der Waals surface area contributed by atoms with Crippen LogP contribution in [0, 0.1) is 20.8 Å². The number of thiazole rings is 1. The summed E-state index contributed by atoms with van der Waals surface area (Å²) in [5, 5.41) is 0.701. The number of halogens is 1. The third kappa shape index (κ3) is 5.34. The van der Waals surface area contributed by atoms with Gasteiger partial charge in [-0.2, -0.15) is 0 Å². The second kappa shape index (κ2) is 10.1. The normalized spacial score (nSPS) is 10.8. The van der Waals surface area contributed by atoms with Gasteiger partial charge >= 0.3 is 0 Å². The van der Waals surface area contributed by atoms with Crippen LogP contribution in [-0.4, -0.2) is 30.0 Å². The van der Waals surface area contributed by atoms with Crippen LogP contribution in [-0.2, 0) is 6.42 Å². The van der Waals surface area contributed by atoms with E-state index in [1.807, 2.05) is 18.2 Å². The van der Waals surface area contributed by atoms with E-state index >= 15 is 0 Å². The number of hydrogen-bond acceptors (Lipinski definition) is 4. The Labute approximate surface area is 178 Å². The van der Waals surface area contributed by atoms with Crippen LogP contribution < -0.4 is 4.74 Å². The van der Waals surface area contributed by atoms with Gasteiger partial charge in [-0.1, -0.05) is 54.7 Å². The zero-order chi connectivity index (χ0) is 19.4. The third-order valence-corrected chi connectivity index (χ3v) is 5.81. The van der Waals surface area contributed by atoms with E-state index in [2.05, 4.69) is 63.9 Å². The second-order valence-corrected chi connectivity index (χ2v) is 8.21. The summed E-state index contributed by atoms with van der Waals surface area (Å²) in [5.74, 6) is 0.897. The Balaban J connectivity index is 0.00000280. The smallest absolute Gasteiger partial charge is 0.279 e. The molecule has 0 N–H and O–H groups in total. The Bertz CT molecular complexity index is 908. The first-order chi connectivity index (χ1) is 13.0. The van der Waals surface area contributed by atoms with E-state index in [1.165, 1.54) is 16.0 Å². The number of benzene rings is 2. The summed E-state index contributed by atoms with van der Waals surface area (Å²) >= 11 is 1.60. The fourth-order valence-corrected chi connectivity index (χ4v) is 3.86. The highest BCUT2D eigenvalue weighted by Crippen LogP contribution is 2.35. The standard InChI is InChI=1S/C23H28N2OS.ClH/c1-6-25(5)13-12-20-14-17(3)21(15-16(20)2)26-23-24-22(18(4)27-23)19-10-8-7-9-11-19;/h7-11,14-15H,6,12-13H2,1-5H3;1H. The molecule has 0 saturated heterocycles. The van der Waals surface area contributed by atoms with Gasteiger partial charge in [-0.15, -0.1) is 12.4 Å². The van der Waals surface area contributed by atoms with Gasteiger partial charge < -0.3 is 9.64 Å². The van der Waals surface area contributed by atoms with Gasteiger partial charge in [-0.25, -0.2) is 4.98 Å². The lowest BCUT2D eigenvalue weighted by Crippen LogP contribution is -2.20. The van der Waals surface area contributed by atoms with E-state index in [4.69, 9.17) is 9.72 Å². The van der Waals surface area contributed by atoms with E-state index in [0.717, 1.165) is 42.1 Å². The first kappa shape index (κ1) is 22.4. The molecule has 0 radical (unpaired) electrons. The van der Waals surface area contributed by atoms with Gasteiger partial charge in [0.25, 0.3) is 5.19 Å². The molecule has 0 aliphatic rings. The van der Waals surface area contributed by atoms with Crippen LogP contribution in [0.2, 0.25) is 0 Å². The van der Waals surface area contributed by atoms with Crippen molar-refractivity contribution >= 4 is 23.7 Å². The maximum Gasteiger partial charge on any atom is 0.279 e. The van der Waals surface area contributed by atoms with Gasteiger partial charge in [0.1, 0.15) is 5.75 Å². The van der Waals surface area contributed by atoms with E-state index in [-0.39, 0.29) is 12.4 Å². The number of aromatic nitrogens is 1. The molecule has 2 aromatic carbocycles. The van der Waals surface area contributed by atoms with E-state index in [9.17, 15) is 0 Å². The molecule has 5 heteroatoms. The van der Waals surface area contributed by atoms with Crippen LogP contribution in [0.5, 0.6) is 10.9 Å². The number of aryl methyl sites for hydroxylation is 3. The van der Waals surface area contributed by atoms with Crippen molar-refractivity contribution < 1.29 is 4.74 Å². The molecule has 0 spiro atoms. The average molecular weight is 417 g/mol. The first-order valence-corrected chi connectivity index (χ1v) is 10.3. The largest absolute Gasteiger partial charge is 0.431 e. The highest BCUT2D eigenvalue weighted by atomic mass is 35.5. The first-order valence-electron chi connectivity index (χ1n) is 9.47. The quantitative estimate of drug-likeness (QED) is 0.442. The van der Waals surface area contributed by atoms with Crippen LogP contribution in [0.25, 0.3) is 11.3 Å². The summed E-state index contributed by atoms with van der Waals surface area (Å²) in [7, 11) is 2.16. The molecule has 0 bridgehead atoms. The van der Waals surface area contributed by atoms with Gasteiger partial charge in [0, 0.05) is 17.0 Å². The molecule has 3 rings (SSSR count). The van der Waals surface area contributed by atoms with Crippen LogP contribution in [0.1, 0.15) is 28.5 Å². The average Bonchev–Trinajstić information content (AvgIpc) is 3.04. The SMILES string of the molecule is CCN(C)CCc1cc(C)c(Oc2nc(-c3ccccc3)c(C)s2)cc1C.Cl. The molecule has 3 nitrogen and oxygen atoms in total. The Hall–Kier alpha value is -1.88. The lowest BCUT2D eigenvalue weighted by atomic mass is 10.0. The highest BCUT2D eigenvalue weighted by Gasteiger charge is 2.13. The predicted molar refractivity (Wildman–Crippen MR) is 122 cm³/mol. The van der Waals surface area contributed by atoms with Crippen molar-refractivity contribution in [2.24, 2.45) is 0 Å². The lowest BCUT2D eigenvalue weighted by Gasteiger charge is -2.16. The van der Waals surface area contributed by atoms with Crippen molar-refractivity contribution in [1.82, 2.24) is 9.88 Å². The number of ether oxygens (including phenoxy) is 1. The number of nitrogens with zero attached hydrogens (tertiary/aromatic N) is 2. The van der Waals surface area contributed by atoms with Gasteiger partial charge in [-0.05, 0) is 63.5 Å². The summed E-state index contributed by atoms with van der Waals surface area (Å²) in [6.45, 7) is 10.7. The van der Waals surface area contributed by atoms with Crippen molar-refractivity contribution in [1.29, 1.82) is 0 Å². The van der Waals surface area contributed by atoms with E-state index < -0.39 is 0 Å². The van der Waals surface area contributed by atoms with Crippen molar-refractivity contribution in [3.8, 4) is 22.2 Å². The summed E-state index contributed by atoms with van der Waals surface area (Å²) in [6.07, 6.45) is 1.06. The monoisotopic (exact) mass is 416 g/mol. The Morgan fingerprint density at radius 1 is 1.04 bits per heavy atom. The number of likely N-dealkylation sites (N-methyl/N-ethyl adjacent to an activating group) is 1. The highest BCUT2D eigenvalue weighted by molar-refractivity contribution is 7.13. The molecule has 0 fully saturated rings. The van der Waals surface area contributed by atoms with Gasteiger partial charge in [0.15, 0.2) is 0 Å². The summed E-state index contributed by atoms with van der Waals surface area (Å²) < 4.78 is 6.17. The van der Waals surface area contributed by atoms with Crippen molar-refractivity contribution in [3.05, 3.63) is 64.0 Å². The molecule has 1 heterocycles. The molecule has 0 amide bonds. The van der Waals surface area contributed by atoms with Crippen molar-refractivity contribution in [2.75, 3.05) is 20.1 Å². The zero-order valence-corrected chi connectivity index (χ0v) is 18.9. The van der Waals surface area contributed by atoms with Crippen LogP contribution in [0.3, 0.4) is 0 Å². The summed E-state index contributed by atoms with van der Waals surface area (Å²) in [6, 6.07) is 14.7. The molecule has 0 aliphatic heterocycles. The Kier molecular flexibility index (Phi) is 8.05. The van der Waals surface area contributed by atoms with E-state index in [1.54, 1.807) is 11.3 Å². The molecule has 150 valence electrons. The zero-order valence-electron chi connectivity index (χ0n) is 17.3. The topological polar surface area (TPSA) is 25.4 Å². The van der Waals surface area contributed by atoms with Gasteiger partial charge in [0.2, 0.25) is 0 Å². The van der Waals surface area contributed by atoms with E-state index in [0.29, 0.717) is 5.19 Å². The van der Waals surface area contributed by atoms with Crippen LogP contribution in [0.15, 0.2) is 42.5 Å². The molecule has 0 atom stereocenters. The van der Waals surface area contributed by atoms with Crippen molar-refractivity contribution in [3.63, 3.8) is 0 Å².